The van der Waals surface area contributed by atoms with Gasteiger partial charge in [0, 0.05) is 19.6 Å². The van der Waals surface area contributed by atoms with Gasteiger partial charge >= 0.3 is 0 Å². The summed E-state index contributed by atoms with van der Waals surface area (Å²) in [6.45, 7) is 9.67. The van der Waals surface area contributed by atoms with E-state index in [0.29, 0.717) is 5.41 Å². The Hall–Kier alpha value is -0.730. The molecule has 0 unspecified atom stereocenters. The second-order valence-electron chi connectivity index (χ2n) is 6.44. The van der Waals surface area contributed by atoms with Gasteiger partial charge in [-0.1, -0.05) is 13.8 Å². The van der Waals surface area contributed by atoms with Gasteiger partial charge in [0.2, 0.25) is 0 Å². The molecule has 2 saturated carbocycles. The summed E-state index contributed by atoms with van der Waals surface area (Å²) in [5.41, 5.74) is 0.612. The average molecular weight is 251 g/mol. The molecule has 0 heterocycles. The lowest BCUT2D eigenvalue weighted by Crippen LogP contribution is -2.38. The Labute approximate surface area is 112 Å². The van der Waals surface area contributed by atoms with E-state index in [2.05, 4.69) is 31.4 Å². The molecule has 0 bridgehead atoms. The first kappa shape index (κ1) is 13.7. The number of nitrogens with one attached hydrogen (secondary N) is 2. The zero-order chi connectivity index (χ0) is 13.0. The minimum absolute atomic E-state index is 0.612. The van der Waals surface area contributed by atoms with Crippen LogP contribution >= 0.6 is 0 Å². The van der Waals surface area contributed by atoms with Crippen molar-refractivity contribution < 1.29 is 0 Å². The third kappa shape index (κ3) is 3.89. The molecule has 0 amide bonds. The normalized spacial score (nSPS) is 22.1. The van der Waals surface area contributed by atoms with Gasteiger partial charge in [0.15, 0.2) is 5.96 Å². The molecule has 0 aliphatic heterocycles. The number of guanidine groups is 1. The molecule has 0 aromatic heterocycles. The fourth-order valence-electron chi connectivity index (χ4n) is 2.61. The molecule has 3 nitrogen and oxygen atoms in total. The van der Waals surface area contributed by atoms with Crippen molar-refractivity contribution in [1.29, 1.82) is 0 Å². The first-order valence-electron chi connectivity index (χ1n) is 7.68. The SMILES string of the molecule is CCNC(=NCC1(C2CC2)CC1)NCCC(C)C. The van der Waals surface area contributed by atoms with Crippen molar-refractivity contribution in [3.8, 4) is 0 Å². The van der Waals surface area contributed by atoms with Crippen LogP contribution < -0.4 is 10.6 Å². The van der Waals surface area contributed by atoms with Crippen LogP contribution in [0.2, 0.25) is 0 Å². The number of aliphatic imine (C=N–C) groups is 1. The zero-order valence-corrected chi connectivity index (χ0v) is 12.3. The van der Waals surface area contributed by atoms with E-state index in [9.17, 15) is 0 Å². The molecule has 0 radical (unpaired) electrons. The highest BCUT2D eigenvalue weighted by atomic mass is 15.2. The van der Waals surface area contributed by atoms with Crippen molar-refractivity contribution in [3.05, 3.63) is 0 Å². The topological polar surface area (TPSA) is 36.4 Å². The quantitative estimate of drug-likeness (QED) is 0.539. The van der Waals surface area contributed by atoms with Gasteiger partial charge < -0.3 is 10.6 Å². The molecule has 2 aliphatic carbocycles. The second-order valence-corrected chi connectivity index (χ2v) is 6.44. The fourth-order valence-corrected chi connectivity index (χ4v) is 2.61. The highest BCUT2D eigenvalue weighted by molar-refractivity contribution is 5.79. The van der Waals surface area contributed by atoms with Crippen LogP contribution in [0.15, 0.2) is 4.99 Å². The minimum Gasteiger partial charge on any atom is -0.357 e. The summed E-state index contributed by atoms with van der Waals surface area (Å²) in [5, 5.41) is 6.81. The van der Waals surface area contributed by atoms with Gasteiger partial charge in [-0.15, -0.1) is 0 Å². The van der Waals surface area contributed by atoms with Gasteiger partial charge in [-0.25, -0.2) is 0 Å². The molecule has 3 heteroatoms. The molecule has 2 N–H and O–H groups in total. The molecule has 2 aliphatic rings. The van der Waals surface area contributed by atoms with E-state index in [-0.39, 0.29) is 0 Å². The van der Waals surface area contributed by atoms with Crippen LogP contribution in [0.5, 0.6) is 0 Å². The van der Waals surface area contributed by atoms with Gasteiger partial charge in [-0.3, -0.25) is 4.99 Å². The van der Waals surface area contributed by atoms with Gasteiger partial charge in [0.05, 0.1) is 0 Å². The molecular formula is C15H29N3. The monoisotopic (exact) mass is 251 g/mol. The van der Waals surface area contributed by atoms with Crippen LogP contribution in [0.3, 0.4) is 0 Å². The number of hydrogen-bond donors (Lipinski definition) is 2. The summed E-state index contributed by atoms with van der Waals surface area (Å²) in [5.74, 6) is 2.77. The Bertz CT molecular complexity index is 288. The molecular weight excluding hydrogens is 222 g/mol. The maximum Gasteiger partial charge on any atom is 0.191 e. The molecule has 2 rings (SSSR count). The Kier molecular flexibility index (Phi) is 4.52. The van der Waals surface area contributed by atoms with Crippen LogP contribution in [0.4, 0.5) is 0 Å². The fraction of sp³-hybridized carbons (Fsp3) is 0.933. The van der Waals surface area contributed by atoms with Crippen molar-refractivity contribution in [2.45, 2.75) is 52.9 Å². The van der Waals surface area contributed by atoms with Crippen LogP contribution in [0.1, 0.15) is 52.9 Å². The summed E-state index contributed by atoms with van der Waals surface area (Å²) in [6, 6.07) is 0. The molecule has 0 atom stereocenters. The van der Waals surface area contributed by atoms with E-state index in [1.807, 2.05) is 0 Å². The predicted octanol–water partition coefficient (Wildman–Crippen LogP) is 2.78. The van der Waals surface area contributed by atoms with Crippen molar-refractivity contribution in [2.24, 2.45) is 22.2 Å². The minimum atomic E-state index is 0.612. The summed E-state index contributed by atoms with van der Waals surface area (Å²) in [6.07, 6.45) is 6.93. The highest BCUT2D eigenvalue weighted by Crippen LogP contribution is 2.61. The van der Waals surface area contributed by atoms with Gasteiger partial charge in [-0.2, -0.15) is 0 Å². The largest absolute Gasteiger partial charge is 0.357 e. The highest BCUT2D eigenvalue weighted by Gasteiger charge is 2.53. The maximum absolute atomic E-state index is 4.80. The first-order valence-corrected chi connectivity index (χ1v) is 7.68. The number of hydrogen-bond acceptors (Lipinski definition) is 1. The third-order valence-electron chi connectivity index (χ3n) is 4.25. The zero-order valence-electron chi connectivity index (χ0n) is 12.3. The molecule has 0 saturated heterocycles. The van der Waals surface area contributed by atoms with E-state index in [1.54, 1.807) is 0 Å². The van der Waals surface area contributed by atoms with Gasteiger partial charge in [-0.05, 0) is 56.3 Å². The lowest BCUT2D eigenvalue weighted by molar-refractivity contribution is 0.452. The lowest BCUT2D eigenvalue weighted by Gasteiger charge is -2.15. The van der Waals surface area contributed by atoms with Crippen LogP contribution in [-0.4, -0.2) is 25.6 Å². The van der Waals surface area contributed by atoms with E-state index < -0.39 is 0 Å². The molecule has 0 aromatic carbocycles. The summed E-state index contributed by atoms with van der Waals surface area (Å²) >= 11 is 0. The summed E-state index contributed by atoms with van der Waals surface area (Å²) in [4.78, 5) is 4.80. The summed E-state index contributed by atoms with van der Waals surface area (Å²) < 4.78 is 0. The van der Waals surface area contributed by atoms with Gasteiger partial charge in [0.1, 0.15) is 0 Å². The molecule has 104 valence electrons. The van der Waals surface area contributed by atoms with Crippen LogP contribution in [0.25, 0.3) is 0 Å². The van der Waals surface area contributed by atoms with Crippen LogP contribution in [-0.2, 0) is 0 Å². The van der Waals surface area contributed by atoms with E-state index in [1.165, 1.54) is 32.1 Å². The average Bonchev–Trinajstić information content (AvgIpc) is 3.15. The Morgan fingerprint density at radius 2 is 2.00 bits per heavy atom. The smallest absolute Gasteiger partial charge is 0.191 e. The number of rotatable bonds is 7. The Morgan fingerprint density at radius 1 is 1.28 bits per heavy atom. The molecule has 0 spiro atoms. The predicted molar refractivity (Wildman–Crippen MR) is 77.8 cm³/mol. The second kappa shape index (κ2) is 5.94. The first-order chi connectivity index (χ1) is 8.66. The van der Waals surface area contributed by atoms with Gasteiger partial charge in [0.25, 0.3) is 0 Å². The van der Waals surface area contributed by atoms with Crippen molar-refractivity contribution in [2.75, 3.05) is 19.6 Å². The van der Waals surface area contributed by atoms with Crippen molar-refractivity contribution in [1.82, 2.24) is 10.6 Å². The molecule has 0 aromatic rings. The Morgan fingerprint density at radius 3 is 2.50 bits per heavy atom. The Balaban J connectivity index is 1.76. The number of nitrogens with zero attached hydrogens (tertiary/aromatic N) is 1. The van der Waals surface area contributed by atoms with E-state index in [4.69, 9.17) is 4.99 Å². The van der Waals surface area contributed by atoms with Crippen molar-refractivity contribution in [3.63, 3.8) is 0 Å². The standard InChI is InChI=1S/C15H29N3/c1-4-16-14(17-10-7-12(2)3)18-11-15(8-9-15)13-5-6-13/h12-13H,4-11H2,1-3H3,(H2,16,17,18). The maximum atomic E-state index is 4.80. The van der Waals surface area contributed by atoms with Crippen LogP contribution in [0, 0.1) is 17.3 Å². The van der Waals surface area contributed by atoms with Crippen molar-refractivity contribution >= 4 is 5.96 Å². The third-order valence-corrected chi connectivity index (χ3v) is 4.25. The molecule has 18 heavy (non-hydrogen) atoms. The van der Waals surface area contributed by atoms with E-state index >= 15 is 0 Å². The van der Waals surface area contributed by atoms with E-state index in [0.717, 1.165) is 37.4 Å². The summed E-state index contributed by atoms with van der Waals surface area (Å²) in [7, 11) is 0. The molecule has 2 fully saturated rings. The lowest BCUT2D eigenvalue weighted by atomic mass is 10.0.